The number of hydrogen-bond acceptors (Lipinski definition) is 9. The summed E-state index contributed by atoms with van der Waals surface area (Å²) in [5.74, 6) is -0.878. The molecule has 5 N–H and O–H groups in total. The number of esters is 1. The van der Waals surface area contributed by atoms with Gasteiger partial charge in [-0.3, -0.25) is 9.59 Å². The molecular weight excluding hydrogens is 616 g/mol. The quantitative estimate of drug-likeness (QED) is 0.206. The third-order valence-corrected chi connectivity index (χ3v) is 15.9. The van der Waals surface area contributed by atoms with Gasteiger partial charge in [0.15, 0.2) is 6.29 Å². The lowest BCUT2D eigenvalue weighted by molar-refractivity contribution is -0.314. The molecule has 4 saturated carbocycles. The predicted molar refractivity (Wildman–Crippen MR) is 176 cm³/mol. The van der Waals surface area contributed by atoms with Crippen LogP contribution in [0.3, 0.4) is 0 Å². The Morgan fingerprint density at radius 2 is 1.58 bits per heavy atom. The van der Waals surface area contributed by atoms with Crippen molar-refractivity contribution in [2.24, 2.45) is 50.2 Å². The molecule has 0 unspecified atom stereocenters. The Balaban J connectivity index is 1.37. The lowest BCUT2D eigenvalue weighted by atomic mass is 9.33. The van der Waals surface area contributed by atoms with E-state index in [4.69, 9.17) is 14.2 Å². The number of carboxylic acids is 1. The van der Waals surface area contributed by atoms with Crippen LogP contribution in [0, 0.1) is 50.2 Å². The SMILES string of the molecule is CC(=O)O[C@H]1C[C@H](O)[C@@](C)(CO[C@H]2O[C@H](C)[C@@H](O)[C@H](O)[C@@H]2O)[C@@H]2CC[C@]3(C)[C@@H](CC=C4[C@@H]5C[C@](C)(C(=O)O)CC[C@]5(C)CC[C@]43C)[C@@]12C. The van der Waals surface area contributed by atoms with Gasteiger partial charge in [0.05, 0.1) is 24.2 Å². The van der Waals surface area contributed by atoms with Crippen LogP contribution >= 0.6 is 0 Å². The van der Waals surface area contributed by atoms with Gasteiger partial charge in [-0.1, -0.05) is 46.3 Å². The average molecular weight is 677 g/mol. The van der Waals surface area contributed by atoms with E-state index in [1.54, 1.807) is 6.92 Å². The molecule has 0 radical (unpaired) electrons. The van der Waals surface area contributed by atoms with E-state index in [2.05, 4.69) is 33.8 Å². The van der Waals surface area contributed by atoms with Crippen molar-refractivity contribution in [1.82, 2.24) is 0 Å². The predicted octanol–water partition coefficient (Wildman–Crippen LogP) is 4.60. The van der Waals surface area contributed by atoms with Crippen molar-refractivity contribution >= 4 is 11.9 Å². The van der Waals surface area contributed by atoms with Crippen molar-refractivity contribution in [2.45, 2.75) is 156 Å². The maximum atomic E-state index is 12.6. The van der Waals surface area contributed by atoms with Crippen molar-refractivity contribution in [3.8, 4) is 0 Å². The fraction of sp³-hybridized carbons (Fsp3) is 0.895. The molecule has 10 heteroatoms. The topological polar surface area (TPSA) is 163 Å². The number of ether oxygens (including phenoxy) is 3. The van der Waals surface area contributed by atoms with Gasteiger partial charge in [0.2, 0.25) is 0 Å². The summed E-state index contributed by atoms with van der Waals surface area (Å²) >= 11 is 0. The van der Waals surface area contributed by atoms with Crippen molar-refractivity contribution in [3.63, 3.8) is 0 Å². The van der Waals surface area contributed by atoms with E-state index < -0.39 is 65.1 Å². The number of carbonyl (C=O) groups excluding carboxylic acids is 1. The Morgan fingerprint density at radius 1 is 0.917 bits per heavy atom. The number of aliphatic hydroxyl groups excluding tert-OH is 4. The number of hydrogen-bond donors (Lipinski definition) is 5. The number of carboxylic acid groups (broad SMARTS) is 1. The summed E-state index contributed by atoms with van der Waals surface area (Å²) < 4.78 is 18.1. The Morgan fingerprint density at radius 3 is 2.23 bits per heavy atom. The van der Waals surface area contributed by atoms with Crippen LogP contribution in [0.25, 0.3) is 0 Å². The van der Waals surface area contributed by atoms with Crippen LogP contribution in [-0.4, -0.2) is 87.0 Å². The zero-order chi connectivity index (χ0) is 35.4. The van der Waals surface area contributed by atoms with E-state index in [-0.39, 0.29) is 53.0 Å². The number of carbonyl (C=O) groups is 2. The summed E-state index contributed by atoms with van der Waals surface area (Å²) in [7, 11) is 0. The molecule has 6 aliphatic rings. The second kappa shape index (κ2) is 11.7. The van der Waals surface area contributed by atoms with E-state index in [1.807, 2.05) is 13.8 Å². The van der Waals surface area contributed by atoms with Crippen LogP contribution in [0.2, 0.25) is 0 Å². The Bertz CT molecular complexity index is 1330. The second-order valence-electron chi connectivity index (χ2n) is 18.3. The fourth-order valence-electron chi connectivity index (χ4n) is 12.3. The number of fused-ring (bicyclic) bond motifs is 7. The molecule has 272 valence electrons. The van der Waals surface area contributed by atoms with E-state index >= 15 is 0 Å². The lowest BCUT2D eigenvalue weighted by Crippen LogP contribution is -2.70. The molecule has 1 heterocycles. The maximum Gasteiger partial charge on any atom is 0.309 e. The first-order valence-electron chi connectivity index (χ1n) is 18.3. The highest BCUT2D eigenvalue weighted by Crippen LogP contribution is 2.76. The molecule has 0 aromatic rings. The van der Waals surface area contributed by atoms with Crippen molar-refractivity contribution in [3.05, 3.63) is 11.6 Å². The minimum Gasteiger partial charge on any atom is -0.481 e. The molecule has 48 heavy (non-hydrogen) atoms. The highest BCUT2D eigenvalue weighted by atomic mass is 16.7. The molecule has 16 atom stereocenters. The van der Waals surface area contributed by atoms with Gasteiger partial charge in [-0.05, 0) is 99.2 Å². The van der Waals surface area contributed by atoms with Crippen LogP contribution in [-0.2, 0) is 23.8 Å². The minimum atomic E-state index is -1.45. The van der Waals surface area contributed by atoms with Gasteiger partial charge in [-0.25, -0.2) is 0 Å². The molecule has 5 aliphatic carbocycles. The van der Waals surface area contributed by atoms with Gasteiger partial charge in [0, 0.05) is 24.2 Å². The highest BCUT2D eigenvalue weighted by Gasteiger charge is 2.71. The Kier molecular flexibility index (Phi) is 8.86. The van der Waals surface area contributed by atoms with Crippen LogP contribution < -0.4 is 0 Å². The molecule has 0 aromatic heterocycles. The van der Waals surface area contributed by atoms with Gasteiger partial charge in [-0.15, -0.1) is 0 Å². The van der Waals surface area contributed by atoms with Crippen LogP contribution in [0.1, 0.15) is 113 Å². The monoisotopic (exact) mass is 676 g/mol. The van der Waals surface area contributed by atoms with Crippen LogP contribution in [0.15, 0.2) is 11.6 Å². The Labute approximate surface area is 285 Å². The first kappa shape index (κ1) is 36.2. The standard InChI is InChI=1S/C38H60O10/c1-20-28(41)29(42)30(43)31(47-20)46-19-35(5)24-11-12-37(7)25(38(24,8)27(17-26(35)40)48-21(2)39)10-9-22-23-18-34(4,32(44)45)14-13-33(23,3)15-16-36(22,37)6/h9,20,23-31,40-43H,10-19H2,1-8H3,(H,44,45)/t20-,23+,24+,25-,26+,27+,28-,29+,30+,31+,33-,34-,35+,36-,37-,38+/m1/s1. The van der Waals surface area contributed by atoms with Gasteiger partial charge < -0.3 is 39.7 Å². The average Bonchev–Trinajstić information content (AvgIpc) is 3.01. The van der Waals surface area contributed by atoms with Gasteiger partial charge in [0.1, 0.15) is 24.4 Å². The van der Waals surface area contributed by atoms with E-state index in [9.17, 15) is 35.1 Å². The van der Waals surface area contributed by atoms with Gasteiger partial charge in [-0.2, -0.15) is 0 Å². The third-order valence-electron chi connectivity index (χ3n) is 15.9. The number of aliphatic hydroxyl groups is 4. The molecule has 10 nitrogen and oxygen atoms in total. The molecule has 5 fully saturated rings. The van der Waals surface area contributed by atoms with Crippen molar-refractivity contribution in [2.75, 3.05) is 6.61 Å². The summed E-state index contributed by atoms with van der Waals surface area (Å²) in [5.41, 5.74) is -0.893. The van der Waals surface area contributed by atoms with E-state index in [1.165, 1.54) is 12.5 Å². The largest absolute Gasteiger partial charge is 0.481 e. The zero-order valence-electron chi connectivity index (χ0n) is 30.2. The summed E-state index contributed by atoms with van der Waals surface area (Å²) in [6.45, 7) is 16.5. The summed E-state index contributed by atoms with van der Waals surface area (Å²) in [5, 5.41) is 53.4. The first-order valence-corrected chi connectivity index (χ1v) is 18.3. The van der Waals surface area contributed by atoms with E-state index in [0.717, 1.165) is 38.5 Å². The van der Waals surface area contributed by atoms with Crippen LogP contribution in [0.4, 0.5) is 0 Å². The molecule has 0 bridgehead atoms. The smallest absolute Gasteiger partial charge is 0.309 e. The number of allylic oxidation sites excluding steroid dienone is 2. The fourth-order valence-corrected chi connectivity index (χ4v) is 12.3. The highest BCUT2D eigenvalue weighted by molar-refractivity contribution is 5.74. The zero-order valence-corrected chi connectivity index (χ0v) is 30.2. The molecule has 0 aromatic carbocycles. The van der Waals surface area contributed by atoms with Gasteiger partial charge >= 0.3 is 11.9 Å². The molecule has 0 amide bonds. The number of rotatable bonds is 5. The van der Waals surface area contributed by atoms with Crippen molar-refractivity contribution in [1.29, 1.82) is 0 Å². The summed E-state index contributed by atoms with van der Waals surface area (Å²) in [6.07, 6.45) is 2.04. The molecular formula is C38H60O10. The molecule has 1 saturated heterocycles. The molecule has 0 spiro atoms. The summed E-state index contributed by atoms with van der Waals surface area (Å²) in [4.78, 5) is 25.1. The van der Waals surface area contributed by atoms with E-state index in [0.29, 0.717) is 12.8 Å². The van der Waals surface area contributed by atoms with Crippen molar-refractivity contribution < 1.29 is 49.3 Å². The lowest BCUT2D eigenvalue weighted by Gasteiger charge is -2.72. The second-order valence-corrected chi connectivity index (χ2v) is 18.3. The molecule has 6 rings (SSSR count). The first-order chi connectivity index (χ1) is 22.2. The number of aliphatic carboxylic acids is 1. The normalized spacial score (nSPS) is 54.9. The minimum absolute atomic E-state index is 0.0501. The molecule has 1 aliphatic heterocycles. The van der Waals surface area contributed by atoms with Crippen LogP contribution in [0.5, 0.6) is 0 Å². The third kappa shape index (κ3) is 5.01. The Hall–Kier alpha value is -1.56. The maximum absolute atomic E-state index is 12.6. The summed E-state index contributed by atoms with van der Waals surface area (Å²) in [6, 6.07) is 0. The van der Waals surface area contributed by atoms with Gasteiger partial charge in [0.25, 0.3) is 0 Å².